The average molecular weight is 364 g/mol. The first-order valence-electron chi connectivity index (χ1n) is 8.03. The second-order valence-electron chi connectivity index (χ2n) is 6.10. The van der Waals surface area contributed by atoms with Crippen molar-refractivity contribution < 1.29 is 0 Å². The van der Waals surface area contributed by atoms with Crippen LogP contribution in [0, 0.1) is 22.9 Å². The van der Waals surface area contributed by atoms with Crippen molar-refractivity contribution in [2.45, 2.75) is 31.5 Å². The van der Waals surface area contributed by atoms with Gasteiger partial charge in [0.25, 0.3) is 0 Å². The molecular weight excluding hydrogens is 341 g/mol. The Kier molecular flexibility index (Phi) is 6.64. The zero-order valence-corrected chi connectivity index (χ0v) is 15.8. The van der Waals surface area contributed by atoms with Gasteiger partial charge in [-0.05, 0) is 42.8 Å². The summed E-state index contributed by atoms with van der Waals surface area (Å²) >= 11 is 12.2. The maximum absolute atomic E-state index is 7.32. The van der Waals surface area contributed by atoms with Gasteiger partial charge in [0, 0.05) is 23.8 Å². The van der Waals surface area contributed by atoms with Gasteiger partial charge in [0.15, 0.2) is 0 Å². The molecule has 3 rings (SSSR count). The van der Waals surface area contributed by atoms with Crippen LogP contribution in [0.5, 0.6) is 0 Å². The monoisotopic (exact) mass is 363 g/mol. The first-order chi connectivity index (χ1) is 11.4. The highest BCUT2D eigenvalue weighted by Crippen LogP contribution is 2.32. The van der Waals surface area contributed by atoms with Crippen LogP contribution in [0.3, 0.4) is 0 Å². The van der Waals surface area contributed by atoms with Gasteiger partial charge in [-0.15, -0.1) is 23.2 Å². The molecule has 0 aromatic heterocycles. The highest BCUT2D eigenvalue weighted by atomic mass is 35.5. The van der Waals surface area contributed by atoms with E-state index in [-0.39, 0.29) is 10.8 Å². The van der Waals surface area contributed by atoms with Gasteiger partial charge in [0.1, 0.15) is 5.69 Å². The van der Waals surface area contributed by atoms with Crippen LogP contribution in [0.1, 0.15) is 19.4 Å². The van der Waals surface area contributed by atoms with Crippen molar-refractivity contribution in [1.29, 1.82) is 5.53 Å². The smallest absolute Gasteiger partial charge is 0.111 e. The van der Waals surface area contributed by atoms with E-state index < -0.39 is 0 Å². The summed E-state index contributed by atoms with van der Waals surface area (Å²) in [5, 5.41) is 6.51. The molecule has 2 aliphatic carbocycles. The summed E-state index contributed by atoms with van der Waals surface area (Å²) in [6.07, 6.45) is 0. The van der Waals surface area contributed by atoms with Gasteiger partial charge in [-0.25, -0.2) is 5.53 Å². The van der Waals surface area contributed by atoms with Crippen molar-refractivity contribution >= 4 is 34.6 Å². The Hall–Kier alpha value is -1.58. The van der Waals surface area contributed by atoms with Crippen LogP contribution in [-0.4, -0.2) is 23.8 Å². The fourth-order valence-corrected chi connectivity index (χ4v) is 2.92. The lowest BCUT2D eigenvalue weighted by atomic mass is 10.1. The van der Waals surface area contributed by atoms with Crippen molar-refractivity contribution in [2.24, 2.45) is 5.11 Å². The molecule has 1 aromatic carbocycles. The third-order valence-corrected chi connectivity index (χ3v) is 4.11. The fraction of sp³-hybridized carbons (Fsp3) is 0.368. The minimum absolute atomic E-state index is 0.0134. The van der Waals surface area contributed by atoms with Crippen LogP contribution < -0.4 is 4.90 Å². The van der Waals surface area contributed by atoms with E-state index in [0.717, 1.165) is 11.3 Å². The zero-order valence-electron chi connectivity index (χ0n) is 14.3. The minimum Gasteiger partial charge on any atom is -0.367 e. The molecule has 2 aliphatic rings. The predicted molar refractivity (Wildman–Crippen MR) is 103 cm³/mol. The molecule has 2 atom stereocenters. The van der Waals surface area contributed by atoms with Crippen LogP contribution in [0.25, 0.3) is 0 Å². The third kappa shape index (κ3) is 4.71. The maximum Gasteiger partial charge on any atom is 0.111 e. The Morgan fingerprint density at radius 1 is 0.958 bits per heavy atom. The van der Waals surface area contributed by atoms with Crippen LogP contribution in [-0.2, 0) is 0 Å². The highest BCUT2D eigenvalue weighted by Gasteiger charge is 2.16. The molecule has 0 amide bonds. The minimum atomic E-state index is 0.0134. The molecule has 1 N–H and O–H groups in total. The van der Waals surface area contributed by atoms with E-state index in [1.54, 1.807) is 0 Å². The van der Waals surface area contributed by atoms with E-state index in [9.17, 15) is 0 Å². The topological polar surface area (TPSA) is 39.5 Å². The number of hydrogen-bond donors (Lipinski definition) is 1. The molecule has 3 nitrogen and oxygen atoms in total. The van der Waals surface area contributed by atoms with E-state index in [1.165, 1.54) is 10.4 Å². The Morgan fingerprint density at radius 3 is 1.79 bits per heavy atom. The quantitative estimate of drug-likeness (QED) is 0.422. The number of nitrogens with zero attached hydrogens (tertiary/aromatic N) is 2. The molecule has 0 heterocycles. The first-order valence-corrected chi connectivity index (χ1v) is 8.90. The maximum atomic E-state index is 7.32. The Bertz CT molecular complexity index is 727. The standard InChI is InChI=1S/C13H19Cl2N3.C6H4/c1-9-5-4-6-12(13(9)17-16)18(7-10(2)14)8-11(3)15;1-2-6-4-3-5(1)6/h4-6,10-11,16H,7-8H2,1-3H3;1-4H. The molecule has 0 radical (unpaired) electrons. The van der Waals surface area contributed by atoms with E-state index in [1.807, 2.05) is 39.0 Å². The van der Waals surface area contributed by atoms with Gasteiger partial charge in [0.2, 0.25) is 0 Å². The molecule has 0 spiro atoms. The normalized spacial score (nSPS) is 13.4. The number of alkyl halides is 2. The van der Waals surface area contributed by atoms with Crippen molar-refractivity contribution in [3.63, 3.8) is 0 Å². The summed E-state index contributed by atoms with van der Waals surface area (Å²) in [6, 6.07) is 14.3. The van der Waals surface area contributed by atoms with Crippen LogP contribution in [0.2, 0.25) is 0 Å². The lowest BCUT2D eigenvalue weighted by Crippen LogP contribution is -2.33. The number of para-hydroxylation sites is 1. The molecule has 2 unspecified atom stereocenters. The third-order valence-electron chi connectivity index (χ3n) is 3.83. The van der Waals surface area contributed by atoms with Crippen molar-refractivity contribution in [1.82, 2.24) is 0 Å². The Balaban J connectivity index is 0.000000282. The molecule has 24 heavy (non-hydrogen) atoms. The predicted octanol–water partition coefficient (Wildman–Crippen LogP) is 6.01. The summed E-state index contributed by atoms with van der Waals surface area (Å²) < 4.78 is 0. The Labute approximate surface area is 153 Å². The SMILES string of the molecule is Cc1cccc(N(CC(C)Cl)CC(C)Cl)c1N=N.c1cc2ccc1=2. The molecule has 0 saturated carbocycles. The summed E-state index contributed by atoms with van der Waals surface area (Å²) in [5.41, 5.74) is 9.91. The highest BCUT2D eigenvalue weighted by molar-refractivity contribution is 6.21. The summed E-state index contributed by atoms with van der Waals surface area (Å²) in [5.74, 6) is 0. The van der Waals surface area contributed by atoms with E-state index in [2.05, 4.69) is 34.3 Å². The van der Waals surface area contributed by atoms with Gasteiger partial charge in [-0.1, -0.05) is 36.4 Å². The number of aryl methyl sites for hydroxylation is 1. The summed E-state index contributed by atoms with van der Waals surface area (Å²) in [7, 11) is 0. The molecular formula is C19H23Cl2N3. The van der Waals surface area contributed by atoms with Gasteiger partial charge >= 0.3 is 0 Å². The number of anilines is 1. The van der Waals surface area contributed by atoms with Gasteiger partial charge in [-0.2, -0.15) is 5.11 Å². The first kappa shape index (κ1) is 18.8. The van der Waals surface area contributed by atoms with Crippen molar-refractivity contribution in [3.05, 3.63) is 58.5 Å². The van der Waals surface area contributed by atoms with E-state index >= 15 is 0 Å². The van der Waals surface area contributed by atoms with Crippen LogP contribution >= 0.6 is 23.2 Å². The second-order valence-corrected chi connectivity index (χ2v) is 7.59. The fourth-order valence-electron chi connectivity index (χ4n) is 2.59. The van der Waals surface area contributed by atoms with Crippen LogP contribution in [0.15, 0.2) is 47.6 Å². The Morgan fingerprint density at radius 2 is 1.46 bits per heavy atom. The van der Waals surface area contributed by atoms with Gasteiger partial charge in [0.05, 0.1) is 5.69 Å². The van der Waals surface area contributed by atoms with E-state index in [4.69, 9.17) is 28.7 Å². The number of hydrogen-bond acceptors (Lipinski definition) is 3. The van der Waals surface area contributed by atoms with Gasteiger partial charge < -0.3 is 4.90 Å². The second kappa shape index (κ2) is 8.50. The number of halogens is 2. The molecule has 5 heteroatoms. The summed E-state index contributed by atoms with van der Waals surface area (Å²) in [6.45, 7) is 7.21. The lowest BCUT2D eigenvalue weighted by molar-refractivity contribution is 0.752. The lowest BCUT2D eigenvalue weighted by Gasteiger charge is -2.28. The van der Waals surface area contributed by atoms with Crippen molar-refractivity contribution in [3.8, 4) is 0 Å². The number of nitrogens with one attached hydrogen (secondary N) is 1. The molecule has 0 saturated heterocycles. The molecule has 0 aliphatic heterocycles. The average Bonchev–Trinajstić information content (AvgIpc) is 2.49. The largest absolute Gasteiger partial charge is 0.367 e. The molecule has 0 bridgehead atoms. The van der Waals surface area contributed by atoms with Crippen LogP contribution in [0.4, 0.5) is 11.4 Å². The molecule has 1 aromatic rings. The molecule has 0 fully saturated rings. The number of benzene rings is 2. The van der Waals surface area contributed by atoms with Gasteiger partial charge in [-0.3, -0.25) is 0 Å². The zero-order chi connectivity index (χ0) is 17.7. The molecule has 128 valence electrons. The van der Waals surface area contributed by atoms with Crippen molar-refractivity contribution in [2.75, 3.05) is 18.0 Å². The van der Waals surface area contributed by atoms with E-state index in [0.29, 0.717) is 18.8 Å². The summed E-state index contributed by atoms with van der Waals surface area (Å²) in [4.78, 5) is 2.09. The number of rotatable bonds is 6.